The van der Waals surface area contributed by atoms with Gasteiger partial charge in [0.1, 0.15) is 0 Å². The molecule has 0 fully saturated rings. The van der Waals surface area contributed by atoms with Crippen LogP contribution in [0.1, 0.15) is 12.5 Å². The summed E-state index contributed by atoms with van der Waals surface area (Å²) in [5, 5.41) is 10.3. The lowest BCUT2D eigenvalue weighted by Crippen LogP contribution is -2.36. The molecule has 72 valence electrons. The van der Waals surface area contributed by atoms with E-state index in [2.05, 4.69) is 4.98 Å². The number of nitrogens with zero attached hydrogens (tertiary/aromatic N) is 1. The minimum atomic E-state index is -0.898. The highest BCUT2D eigenvalue weighted by atomic mass is 35.5. The van der Waals surface area contributed by atoms with E-state index in [1.54, 1.807) is 25.4 Å². The number of rotatable bonds is 3. The summed E-state index contributed by atoms with van der Waals surface area (Å²) >= 11 is 5.87. The van der Waals surface area contributed by atoms with E-state index < -0.39 is 5.60 Å². The molecule has 4 heteroatoms. The summed E-state index contributed by atoms with van der Waals surface area (Å²) in [7, 11) is 0. The van der Waals surface area contributed by atoms with E-state index in [0.717, 1.165) is 5.56 Å². The van der Waals surface area contributed by atoms with Gasteiger partial charge in [-0.3, -0.25) is 4.98 Å². The van der Waals surface area contributed by atoms with Gasteiger partial charge in [0.2, 0.25) is 0 Å². The fourth-order valence-electron chi connectivity index (χ4n) is 1.03. The standard InChI is InChI=1S/C9H13ClN2O/c1-9(13,6-11)4-7-2-3-12-5-8(7)10/h2-3,5,13H,4,6,11H2,1H3. The van der Waals surface area contributed by atoms with Gasteiger partial charge >= 0.3 is 0 Å². The second kappa shape index (κ2) is 4.05. The van der Waals surface area contributed by atoms with Gasteiger partial charge in [-0.15, -0.1) is 0 Å². The lowest BCUT2D eigenvalue weighted by atomic mass is 9.97. The summed E-state index contributed by atoms with van der Waals surface area (Å²) < 4.78 is 0. The van der Waals surface area contributed by atoms with Crippen LogP contribution in [0.5, 0.6) is 0 Å². The molecule has 13 heavy (non-hydrogen) atoms. The second-order valence-electron chi connectivity index (χ2n) is 3.34. The molecule has 0 saturated heterocycles. The van der Waals surface area contributed by atoms with Crippen LogP contribution in [0.25, 0.3) is 0 Å². The minimum Gasteiger partial charge on any atom is -0.389 e. The minimum absolute atomic E-state index is 0.214. The van der Waals surface area contributed by atoms with Crippen molar-refractivity contribution in [2.24, 2.45) is 5.73 Å². The molecule has 0 radical (unpaired) electrons. The topological polar surface area (TPSA) is 59.1 Å². The van der Waals surface area contributed by atoms with Crippen LogP contribution in [-0.4, -0.2) is 22.2 Å². The Bertz CT molecular complexity index is 289. The van der Waals surface area contributed by atoms with Gasteiger partial charge in [-0.25, -0.2) is 0 Å². The molecule has 1 aromatic rings. The molecule has 0 aliphatic carbocycles. The maximum Gasteiger partial charge on any atom is 0.0782 e. The Morgan fingerprint density at radius 3 is 2.92 bits per heavy atom. The molecule has 0 bridgehead atoms. The van der Waals surface area contributed by atoms with Crippen LogP contribution < -0.4 is 5.73 Å². The molecule has 0 aromatic carbocycles. The third-order valence-electron chi connectivity index (χ3n) is 1.87. The summed E-state index contributed by atoms with van der Waals surface area (Å²) in [6.07, 6.45) is 3.65. The molecule has 0 spiro atoms. The third kappa shape index (κ3) is 2.95. The average Bonchev–Trinajstić information content (AvgIpc) is 2.09. The third-order valence-corrected chi connectivity index (χ3v) is 2.21. The zero-order chi connectivity index (χ0) is 9.90. The maximum atomic E-state index is 9.70. The van der Waals surface area contributed by atoms with Gasteiger partial charge in [-0.05, 0) is 18.6 Å². The molecule has 1 rings (SSSR count). The van der Waals surface area contributed by atoms with Gasteiger partial charge in [0.25, 0.3) is 0 Å². The van der Waals surface area contributed by atoms with E-state index in [4.69, 9.17) is 17.3 Å². The fraction of sp³-hybridized carbons (Fsp3) is 0.444. The van der Waals surface area contributed by atoms with E-state index in [-0.39, 0.29) is 6.54 Å². The number of nitrogens with two attached hydrogens (primary N) is 1. The highest BCUT2D eigenvalue weighted by Crippen LogP contribution is 2.19. The zero-order valence-corrected chi connectivity index (χ0v) is 8.25. The number of pyridine rings is 1. The number of hydrogen-bond donors (Lipinski definition) is 2. The fourth-order valence-corrected chi connectivity index (χ4v) is 1.22. The van der Waals surface area contributed by atoms with E-state index in [1.807, 2.05) is 0 Å². The highest BCUT2D eigenvalue weighted by Gasteiger charge is 2.19. The highest BCUT2D eigenvalue weighted by molar-refractivity contribution is 6.31. The van der Waals surface area contributed by atoms with Crippen LogP contribution in [0.2, 0.25) is 5.02 Å². The Morgan fingerprint density at radius 1 is 1.69 bits per heavy atom. The predicted molar refractivity (Wildman–Crippen MR) is 52.6 cm³/mol. The molecule has 3 nitrogen and oxygen atoms in total. The molecule has 0 aliphatic heterocycles. The van der Waals surface area contributed by atoms with Crippen molar-refractivity contribution in [2.75, 3.05) is 6.54 Å². The van der Waals surface area contributed by atoms with Crippen LogP contribution >= 0.6 is 11.6 Å². The van der Waals surface area contributed by atoms with Gasteiger partial charge in [0.05, 0.1) is 10.6 Å². The number of halogens is 1. The molecular formula is C9H13ClN2O. The summed E-state index contributed by atoms with van der Waals surface area (Å²) in [5.74, 6) is 0. The Hall–Kier alpha value is -0.640. The van der Waals surface area contributed by atoms with Gasteiger partial charge in [0, 0.05) is 25.4 Å². The predicted octanol–water partition coefficient (Wildman–Crippen LogP) is 0.987. The Morgan fingerprint density at radius 2 is 2.38 bits per heavy atom. The molecule has 1 atom stereocenters. The summed E-state index contributed by atoms with van der Waals surface area (Å²) in [4.78, 5) is 3.86. The van der Waals surface area contributed by atoms with Crippen LogP contribution in [0, 0.1) is 0 Å². The quantitative estimate of drug-likeness (QED) is 0.765. The lowest BCUT2D eigenvalue weighted by Gasteiger charge is -2.21. The van der Waals surface area contributed by atoms with Gasteiger partial charge in [-0.1, -0.05) is 11.6 Å². The van der Waals surface area contributed by atoms with Gasteiger partial charge in [0.15, 0.2) is 0 Å². The monoisotopic (exact) mass is 200 g/mol. The molecule has 1 heterocycles. The van der Waals surface area contributed by atoms with Crippen molar-refractivity contribution in [1.82, 2.24) is 4.98 Å². The molecule has 3 N–H and O–H groups in total. The average molecular weight is 201 g/mol. The maximum absolute atomic E-state index is 9.70. The van der Waals surface area contributed by atoms with Crippen molar-refractivity contribution in [1.29, 1.82) is 0 Å². The van der Waals surface area contributed by atoms with Crippen molar-refractivity contribution in [2.45, 2.75) is 18.9 Å². The normalized spacial score (nSPS) is 15.4. The molecule has 1 aromatic heterocycles. The zero-order valence-electron chi connectivity index (χ0n) is 7.50. The van der Waals surface area contributed by atoms with Crippen LogP contribution in [0.4, 0.5) is 0 Å². The van der Waals surface area contributed by atoms with Gasteiger partial charge in [-0.2, -0.15) is 0 Å². The van der Waals surface area contributed by atoms with E-state index in [0.29, 0.717) is 11.4 Å². The summed E-state index contributed by atoms with van der Waals surface area (Å²) in [6.45, 7) is 1.90. The molecule has 1 unspecified atom stereocenters. The molecule has 0 amide bonds. The first-order valence-corrected chi connectivity index (χ1v) is 4.44. The molecule has 0 aliphatic rings. The Labute approximate surface area is 82.5 Å². The largest absolute Gasteiger partial charge is 0.389 e. The number of aromatic nitrogens is 1. The van der Waals surface area contributed by atoms with E-state index in [1.165, 1.54) is 0 Å². The Balaban J connectivity index is 2.80. The molecular weight excluding hydrogens is 188 g/mol. The Kier molecular flexibility index (Phi) is 3.25. The smallest absolute Gasteiger partial charge is 0.0782 e. The van der Waals surface area contributed by atoms with Crippen molar-refractivity contribution in [3.63, 3.8) is 0 Å². The van der Waals surface area contributed by atoms with E-state index >= 15 is 0 Å². The molecule has 0 saturated carbocycles. The van der Waals surface area contributed by atoms with Crippen molar-refractivity contribution < 1.29 is 5.11 Å². The van der Waals surface area contributed by atoms with Crippen LogP contribution in [-0.2, 0) is 6.42 Å². The van der Waals surface area contributed by atoms with Crippen LogP contribution in [0.15, 0.2) is 18.5 Å². The van der Waals surface area contributed by atoms with Crippen molar-refractivity contribution >= 4 is 11.6 Å². The number of aliphatic hydroxyl groups is 1. The van der Waals surface area contributed by atoms with Crippen molar-refractivity contribution in [3.05, 3.63) is 29.0 Å². The first kappa shape index (κ1) is 10.4. The first-order valence-electron chi connectivity index (χ1n) is 4.06. The summed E-state index contributed by atoms with van der Waals surface area (Å²) in [6, 6.07) is 1.78. The SMILES string of the molecule is CC(O)(CN)Cc1ccncc1Cl. The summed E-state index contributed by atoms with van der Waals surface area (Å²) in [5.41, 5.74) is 5.37. The number of hydrogen-bond acceptors (Lipinski definition) is 3. The second-order valence-corrected chi connectivity index (χ2v) is 3.75. The van der Waals surface area contributed by atoms with E-state index in [9.17, 15) is 5.11 Å². The van der Waals surface area contributed by atoms with Gasteiger partial charge < -0.3 is 10.8 Å². The van der Waals surface area contributed by atoms with Crippen LogP contribution in [0.3, 0.4) is 0 Å². The first-order chi connectivity index (χ1) is 6.05. The lowest BCUT2D eigenvalue weighted by molar-refractivity contribution is 0.0696. The van der Waals surface area contributed by atoms with Crippen molar-refractivity contribution in [3.8, 4) is 0 Å².